The van der Waals surface area contributed by atoms with Crippen LogP contribution >= 0.6 is 0 Å². The lowest BCUT2D eigenvalue weighted by Gasteiger charge is -2.06. The van der Waals surface area contributed by atoms with Gasteiger partial charge >= 0.3 is 0 Å². The third-order valence-electron chi connectivity index (χ3n) is 11.7. The number of hydrogen-bond donors (Lipinski definition) is 3. The molecule has 0 aliphatic heterocycles. The number of nitrogens with one attached hydrogen (secondary N) is 3. The first-order chi connectivity index (χ1) is 33.9. The first-order valence-corrected chi connectivity index (χ1v) is 22.4. The molecule has 6 aromatic carbocycles. The fourth-order valence-electron chi connectivity index (χ4n) is 7.94. The zero-order chi connectivity index (χ0) is 46.9. The zero-order valence-corrected chi connectivity index (χ0v) is 37.3. The Morgan fingerprint density at radius 3 is 0.928 bits per heavy atom. The normalized spacial score (nSPS) is 10.8. The Balaban J connectivity index is 0.718. The van der Waals surface area contributed by atoms with E-state index >= 15 is 0 Å². The Kier molecular flexibility index (Phi) is 12.4. The van der Waals surface area contributed by atoms with Crippen LogP contribution in [-0.4, -0.2) is 17.7 Å². The number of pyridine rings is 4. The molecule has 4 aromatic heterocycles. The van der Waals surface area contributed by atoms with Crippen molar-refractivity contribution in [3.05, 3.63) is 273 Å². The highest BCUT2D eigenvalue weighted by Crippen LogP contribution is 2.21. The largest absolute Gasteiger partial charge is 0.322 e. The van der Waals surface area contributed by atoms with Gasteiger partial charge < -0.3 is 16.0 Å². The van der Waals surface area contributed by atoms with E-state index in [0.717, 1.165) is 56.4 Å². The number of carbonyl (C=O) groups is 3. The van der Waals surface area contributed by atoms with Crippen LogP contribution in [0.4, 0.5) is 17.1 Å². The van der Waals surface area contributed by atoms with Gasteiger partial charge in [0.1, 0.15) is 0 Å². The summed E-state index contributed by atoms with van der Waals surface area (Å²) >= 11 is 0. The second-order valence-electron chi connectivity index (χ2n) is 16.3. The third-order valence-corrected chi connectivity index (χ3v) is 11.7. The minimum atomic E-state index is -0.191. The van der Waals surface area contributed by atoms with Crippen LogP contribution in [0.3, 0.4) is 0 Å². The SMILES string of the molecule is O=C(Nc1ccc(-[n+]2ccc(-c3cc[n+](-c4cccc(NC(=O)c5ccccc5)c4)cc3)cc2)cc1)c1ccc(-[n+]2ccc(-c3cc[n+](-c4cccc(NC(=O)c5ccccc5)c4)cc3)cc2)cc1. The van der Waals surface area contributed by atoms with Crippen LogP contribution in [0.2, 0.25) is 0 Å². The van der Waals surface area contributed by atoms with E-state index in [0.29, 0.717) is 22.4 Å². The van der Waals surface area contributed by atoms with Crippen LogP contribution in [0.5, 0.6) is 0 Å². The summed E-state index contributed by atoms with van der Waals surface area (Å²) in [6, 6.07) is 65.6. The lowest BCUT2D eigenvalue weighted by molar-refractivity contribution is -0.596. The summed E-state index contributed by atoms with van der Waals surface area (Å²) in [5.74, 6) is -0.491. The van der Waals surface area contributed by atoms with Crippen molar-refractivity contribution in [3.63, 3.8) is 0 Å². The number of carbonyl (C=O) groups excluding carboxylic acids is 3. The van der Waals surface area contributed by atoms with E-state index in [1.54, 1.807) is 24.3 Å². The fraction of sp³-hybridized carbons (Fsp3) is 0. The molecule has 0 radical (unpaired) electrons. The first-order valence-electron chi connectivity index (χ1n) is 22.4. The summed E-state index contributed by atoms with van der Waals surface area (Å²) in [6.45, 7) is 0. The predicted molar refractivity (Wildman–Crippen MR) is 267 cm³/mol. The van der Waals surface area contributed by atoms with Crippen LogP contribution in [0, 0.1) is 0 Å². The molecular weight excluding hydrogens is 855 g/mol. The second-order valence-corrected chi connectivity index (χ2v) is 16.3. The summed E-state index contributed by atoms with van der Waals surface area (Å²) in [5.41, 5.74) is 11.9. The van der Waals surface area contributed by atoms with E-state index in [1.165, 1.54) is 0 Å². The Labute approximate surface area is 399 Å². The Morgan fingerprint density at radius 1 is 0.261 bits per heavy atom. The molecule has 330 valence electrons. The Bertz CT molecular complexity index is 3400. The van der Waals surface area contributed by atoms with Gasteiger partial charge in [-0.3, -0.25) is 14.4 Å². The maximum absolute atomic E-state index is 13.3. The summed E-state index contributed by atoms with van der Waals surface area (Å²) in [6.07, 6.45) is 16.1. The summed E-state index contributed by atoms with van der Waals surface area (Å²) in [7, 11) is 0. The van der Waals surface area contributed by atoms with Crippen LogP contribution in [0.15, 0.2) is 256 Å². The maximum atomic E-state index is 13.3. The van der Waals surface area contributed by atoms with Gasteiger partial charge in [-0.15, -0.1) is 0 Å². The average molecular weight is 900 g/mol. The van der Waals surface area contributed by atoms with Gasteiger partial charge in [-0.2, -0.15) is 18.3 Å². The van der Waals surface area contributed by atoms with Crippen LogP contribution < -0.4 is 34.2 Å². The molecule has 3 amide bonds. The molecule has 0 fully saturated rings. The number of hydrogen-bond acceptors (Lipinski definition) is 3. The molecule has 4 heterocycles. The van der Waals surface area contributed by atoms with Gasteiger partial charge in [-0.05, 0) is 82.9 Å². The van der Waals surface area contributed by atoms with E-state index in [1.807, 2.05) is 201 Å². The van der Waals surface area contributed by atoms with E-state index in [4.69, 9.17) is 0 Å². The smallest absolute Gasteiger partial charge is 0.255 e. The third kappa shape index (κ3) is 10.3. The van der Waals surface area contributed by atoms with E-state index < -0.39 is 0 Å². The van der Waals surface area contributed by atoms with Crippen molar-refractivity contribution in [1.82, 2.24) is 0 Å². The van der Waals surface area contributed by atoms with Crippen LogP contribution in [0.1, 0.15) is 31.1 Å². The number of amides is 3. The fourth-order valence-corrected chi connectivity index (χ4v) is 7.94. The van der Waals surface area contributed by atoms with Gasteiger partial charge in [0.2, 0.25) is 22.7 Å². The molecule has 0 unspecified atom stereocenters. The lowest BCUT2D eigenvalue weighted by atomic mass is 10.1. The highest BCUT2D eigenvalue weighted by Gasteiger charge is 2.16. The predicted octanol–water partition coefficient (Wildman–Crippen LogP) is 9.88. The van der Waals surface area contributed by atoms with Gasteiger partial charge in [0.15, 0.2) is 49.6 Å². The van der Waals surface area contributed by atoms with Crippen molar-refractivity contribution >= 4 is 34.8 Å². The average Bonchev–Trinajstić information content (AvgIpc) is 3.42. The molecule has 0 spiro atoms. The highest BCUT2D eigenvalue weighted by atomic mass is 16.2. The molecule has 0 aliphatic rings. The minimum absolute atomic E-state index is 0.149. The van der Waals surface area contributed by atoms with Crippen LogP contribution in [0.25, 0.3) is 45.0 Å². The van der Waals surface area contributed by atoms with Crippen molar-refractivity contribution in [2.24, 2.45) is 0 Å². The topological polar surface area (TPSA) is 103 Å². The molecule has 0 aliphatic carbocycles. The second kappa shape index (κ2) is 19.8. The monoisotopic (exact) mass is 899 g/mol. The quantitative estimate of drug-likeness (QED) is 0.107. The Morgan fingerprint density at radius 2 is 0.565 bits per heavy atom. The van der Waals surface area contributed by atoms with Gasteiger partial charge in [-0.25, -0.2) is 0 Å². The summed E-state index contributed by atoms with van der Waals surface area (Å²) < 4.78 is 8.07. The lowest BCUT2D eigenvalue weighted by Crippen LogP contribution is -2.30. The summed E-state index contributed by atoms with van der Waals surface area (Å²) in [4.78, 5) is 38.6. The van der Waals surface area contributed by atoms with Gasteiger partial charge in [0.05, 0.1) is 0 Å². The minimum Gasteiger partial charge on any atom is -0.322 e. The number of aromatic nitrogens is 4. The van der Waals surface area contributed by atoms with Crippen molar-refractivity contribution in [2.75, 3.05) is 16.0 Å². The molecule has 0 atom stereocenters. The standard InChI is InChI=1S/C59H42N7O3/c67-57(47-9-3-1-4-10-47)61-51-13-7-15-55(41-51)65-37-29-45(30-38-65)43-25-33-63(34-26-43)53-21-17-49(18-22-53)59(69)60-50-19-23-54(24-20-50)64-35-27-44(28-36-64)46-31-39-66(40-32-46)56-16-8-14-52(42-56)62-58(68)48-11-5-2-6-12-48/h1-42H/q+1/p+3. The Hall–Kier alpha value is -9.67. The van der Waals surface area contributed by atoms with Gasteiger partial charge in [-0.1, -0.05) is 48.5 Å². The van der Waals surface area contributed by atoms with Crippen molar-refractivity contribution in [1.29, 1.82) is 0 Å². The molecule has 10 aromatic rings. The molecule has 10 rings (SSSR count). The van der Waals surface area contributed by atoms with Crippen molar-refractivity contribution in [2.45, 2.75) is 0 Å². The molecular formula is C59H45N7O3+4. The van der Waals surface area contributed by atoms with Gasteiger partial charge in [0, 0.05) is 131 Å². The molecule has 69 heavy (non-hydrogen) atoms. The van der Waals surface area contributed by atoms with E-state index in [2.05, 4.69) is 64.5 Å². The number of nitrogens with zero attached hydrogens (tertiary/aromatic N) is 4. The molecule has 0 saturated heterocycles. The summed E-state index contributed by atoms with van der Waals surface area (Å²) in [5, 5.41) is 8.99. The molecule has 10 heteroatoms. The molecule has 3 N–H and O–H groups in total. The molecule has 0 saturated carbocycles. The number of rotatable bonds is 12. The van der Waals surface area contributed by atoms with E-state index in [9.17, 15) is 14.4 Å². The van der Waals surface area contributed by atoms with Crippen molar-refractivity contribution < 1.29 is 32.7 Å². The zero-order valence-electron chi connectivity index (χ0n) is 37.3. The van der Waals surface area contributed by atoms with Gasteiger partial charge in [0.25, 0.3) is 17.7 Å². The van der Waals surface area contributed by atoms with Crippen LogP contribution in [-0.2, 0) is 0 Å². The molecule has 10 nitrogen and oxygen atoms in total. The number of benzene rings is 6. The first kappa shape index (κ1) is 43.2. The van der Waals surface area contributed by atoms with Crippen molar-refractivity contribution in [3.8, 4) is 45.0 Å². The maximum Gasteiger partial charge on any atom is 0.255 e. The molecule has 0 bridgehead atoms. The highest BCUT2D eigenvalue weighted by molar-refractivity contribution is 6.05. The number of anilines is 3. The van der Waals surface area contributed by atoms with E-state index in [-0.39, 0.29) is 17.7 Å².